The number of hydrogen-bond acceptors (Lipinski definition) is 4. The first-order valence-corrected chi connectivity index (χ1v) is 6.59. The molecule has 0 aliphatic heterocycles. The summed E-state index contributed by atoms with van der Waals surface area (Å²) in [7, 11) is 0. The minimum absolute atomic E-state index is 0.270. The van der Waals surface area contributed by atoms with Crippen molar-refractivity contribution >= 4 is 5.97 Å². The highest BCUT2D eigenvalue weighted by atomic mass is 16.5. The maximum absolute atomic E-state index is 11.8. The Balaban J connectivity index is 2.85. The van der Waals surface area contributed by atoms with E-state index < -0.39 is 11.4 Å². The van der Waals surface area contributed by atoms with Crippen LogP contribution in [0.5, 0.6) is 0 Å². The summed E-state index contributed by atoms with van der Waals surface area (Å²) in [5.74, 6) is -0.490. The van der Waals surface area contributed by atoms with Crippen molar-refractivity contribution in [2.24, 2.45) is 5.41 Å². The first-order chi connectivity index (χ1) is 8.96. The molecule has 1 aromatic rings. The highest BCUT2D eigenvalue weighted by molar-refractivity contribution is 5.79. The number of hydrogen-bond donors (Lipinski definition) is 0. The van der Waals surface area contributed by atoms with Crippen LogP contribution in [0.4, 0.5) is 0 Å². The molecule has 1 aromatic heterocycles. The lowest BCUT2D eigenvalue weighted by Crippen LogP contribution is -2.31. The van der Waals surface area contributed by atoms with Crippen molar-refractivity contribution in [3.05, 3.63) is 18.0 Å². The minimum atomic E-state index is -1.18. The Morgan fingerprint density at radius 3 is 2.84 bits per heavy atom. The number of rotatable bonds is 6. The largest absolute Gasteiger partial charge is 0.465 e. The SMILES string of the molecule is CCOC(=O)C(C)(C#N)Cc1ccn(C(C)CC)n1. The smallest absolute Gasteiger partial charge is 0.326 e. The number of carbonyl (C=O) groups excluding carboxylic acids is 1. The molecular formula is C14H21N3O2. The molecule has 0 amide bonds. The third kappa shape index (κ3) is 3.57. The molecule has 0 spiro atoms. The molecular weight excluding hydrogens is 242 g/mol. The molecule has 5 nitrogen and oxygen atoms in total. The molecule has 0 aromatic carbocycles. The van der Waals surface area contributed by atoms with E-state index in [9.17, 15) is 10.1 Å². The van der Waals surface area contributed by atoms with Crippen LogP contribution in [0.2, 0.25) is 0 Å². The maximum atomic E-state index is 11.8. The molecule has 0 bridgehead atoms. The van der Waals surface area contributed by atoms with Gasteiger partial charge in [-0.1, -0.05) is 6.92 Å². The Morgan fingerprint density at radius 2 is 2.32 bits per heavy atom. The van der Waals surface area contributed by atoms with E-state index in [1.54, 1.807) is 13.8 Å². The van der Waals surface area contributed by atoms with Crippen LogP contribution < -0.4 is 0 Å². The molecule has 1 rings (SSSR count). The second kappa shape index (κ2) is 6.37. The summed E-state index contributed by atoms with van der Waals surface area (Å²) >= 11 is 0. The zero-order valence-corrected chi connectivity index (χ0v) is 12.0. The average Bonchev–Trinajstić information content (AvgIpc) is 2.86. The van der Waals surface area contributed by atoms with Gasteiger partial charge in [-0.2, -0.15) is 10.4 Å². The van der Waals surface area contributed by atoms with Crippen LogP contribution in [-0.4, -0.2) is 22.4 Å². The van der Waals surface area contributed by atoms with Gasteiger partial charge in [0.15, 0.2) is 5.41 Å². The van der Waals surface area contributed by atoms with Crippen molar-refractivity contribution in [1.82, 2.24) is 9.78 Å². The number of esters is 1. The molecule has 5 heteroatoms. The van der Waals surface area contributed by atoms with Gasteiger partial charge in [-0.15, -0.1) is 0 Å². The molecule has 0 saturated heterocycles. The lowest BCUT2D eigenvalue weighted by atomic mass is 9.87. The molecule has 2 unspecified atom stereocenters. The van der Waals surface area contributed by atoms with Crippen molar-refractivity contribution in [3.63, 3.8) is 0 Å². The lowest BCUT2D eigenvalue weighted by Gasteiger charge is -2.18. The molecule has 104 valence electrons. The number of carbonyl (C=O) groups is 1. The summed E-state index contributed by atoms with van der Waals surface area (Å²) in [6, 6.07) is 4.20. The summed E-state index contributed by atoms with van der Waals surface area (Å²) in [6.45, 7) is 7.76. The van der Waals surface area contributed by atoms with Crippen LogP contribution >= 0.6 is 0 Å². The van der Waals surface area contributed by atoms with Crippen LogP contribution in [0, 0.1) is 16.7 Å². The summed E-state index contributed by atoms with van der Waals surface area (Å²) < 4.78 is 6.81. The Labute approximate surface area is 114 Å². The normalized spacial score (nSPS) is 15.3. The second-order valence-corrected chi connectivity index (χ2v) is 4.89. The molecule has 0 aliphatic rings. The van der Waals surface area contributed by atoms with Gasteiger partial charge in [0.25, 0.3) is 0 Å². The standard InChI is InChI=1S/C14H21N3O2/c1-5-11(3)17-8-7-12(16-17)9-14(4,10-15)13(18)19-6-2/h7-8,11H,5-6,9H2,1-4H3. The van der Waals surface area contributed by atoms with Crippen LogP contribution in [0.1, 0.15) is 45.9 Å². The highest BCUT2D eigenvalue weighted by Gasteiger charge is 2.36. The van der Waals surface area contributed by atoms with Crippen molar-refractivity contribution in [2.75, 3.05) is 6.61 Å². The Hall–Kier alpha value is -1.83. The first-order valence-electron chi connectivity index (χ1n) is 6.59. The fourth-order valence-electron chi connectivity index (χ4n) is 1.71. The number of nitriles is 1. The summed E-state index contributed by atoms with van der Waals surface area (Å²) in [5, 5.41) is 13.6. The van der Waals surface area contributed by atoms with Crippen LogP contribution in [-0.2, 0) is 16.0 Å². The quantitative estimate of drug-likeness (QED) is 0.739. The molecule has 0 saturated carbocycles. The first kappa shape index (κ1) is 15.2. The Bertz CT molecular complexity index is 475. The van der Waals surface area contributed by atoms with Crippen molar-refractivity contribution in [2.45, 2.75) is 46.6 Å². The zero-order valence-electron chi connectivity index (χ0n) is 12.0. The van der Waals surface area contributed by atoms with Gasteiger partial charge in [-0.25, -0.2) is 0 Å². The monoisotopic (exact) mass is 263 g/mol. The molecule has 0 radical (unpaired) electrons. The van der Waals surface area contributed by atoms with E-state index in [2.05, 4.69) is 18.9 Å². The minimum Gasteiger partial charge on any atom is -0.465 e. The fourth-order valence-corrected chi connectivity index (χ4v) is 1.71. The van der Waals surface area contributed by atoms with E-state index in [0.717, 1.165) is 12.1 Å². The Morgan fingerprint density at radius 1 is 1.63 bits per heavy atom. The zero-order chi connectivity index (χ0) is 14.5. The Kier molecular flexibility index (Phi) is 5.11. The highest BCUT2D eigenvalue weighted by Crippen LogP contribution is 2.23. The van der Waals surface area contributed by atoms with Crippen LogP contribution in [0.3, 0.4) is 0 Å². The average molecular weight is 263 g/mol. The van der Waals surface area contributed by atoms with E-state index in [1.807, 2.05) is 23.0 Å². The van der Waals surface area contributed by atoms with E-state index in [0.29, 0.717) is 6.04 Å². The van der Waals surface area contributed by atoms with Gasteiger partial charge in [-0.05, 0) is 33.3 Å². The third-order valence-corrected chi connectivity index (χ3v) is 3.21. The molecule has 2 atom stereocenters. The van der Waals surface area contributed by atoms with Gasteiger partial charge in [-0.3, -0.25) is 9.48 Å². The predicted molar refractivity (Wildman–Crippen MR) is 71.3 cm³/mol. The van der Waals surface area contributed by atoms with Gasteiger partial charge >= 0.3 is 5.97 Å². The van der Waals surface area contributed by atoms with Gasteiger partial charge in [0.2, 0.25) is 0 Å². The predicted octanol–water partition coefficient (Wildman–Crippen LogP) is 2.49. The molecule has 0 fully saturated rings. The lowest BCUT2D eigenvalue weighted by molar-refractivity contribution is -0.151. The number of aromatic nitrogens is 2. The number of ether oxygens (including phenoxy) is 1. The van der Waals surface area contributed by atoms with Crippen molar-refractivity contribution < 1.29 is 9.53 Å². The van der Waals surface area contributed by atoms with E-state index in [4.69, 9.17) is 4.74 Å². The van der Waals surface area contributed by atoms with E-state index >= 15 is 0 Å². The number of nitrogens with zero attached hydrogens (tertiary/aromatic N) is 3. The summed E-state index contributed by atoms with van der Waals surface area (Å²) in [5.41, 5.74) is -0.442. The van der Waals surface area contributed by atoms with E-state index in [-0.39, 0.29) is 13.0 Å². The van der Waals surface area contributed by atoms with Gasteiger partial charge < -0.3 is 4.74 Å². The van der Waals surface area contributed by atoms with Gasteiger partial charge in [0.05, 0.1) is 18.4 Å². The van der Waals surface area contributed by atoms with Gasteiger partial charge in [0, 0.05) is 18.7 Å². The molecule has 0 N–H and O–H groups in total. The summed E-state index contributed by atoms with van der Waals surface area (Å²) in [4.78, 5) is 11.8. The van der Waals surface area contributed by atoms with E-state index in [1.165, 1.54) is 0 Å². The fraction of sp³-hybridized carbons (Fsp3) is 0.643. The third-order valence-electron chi connectivity index (χ3n) is 3.21. The summed E-state index contributed by atoms with van der Waals surface area (Å²) in [6.07, 6.45) is 3.13. The second-order valence-electron chi connectivity index (χ2n) is 4.89. The molecule has 1 heterocycles. The van der Waals surface area contributed by atoms with Crippen LogP contribution in [0.15, 0.2) is 12.3 Å². The van der Waals surface area contributed by atoms with Gasteiger partial charge in [0.1, 0.15) is 0 Å². The maximum Gasteiger partial charge on any atom is 0.326 e. The van der Waals surface area contributed by atoms with Crippen molar-refractivity contribution in [1.29, 1.82) is 5.26 Å². The molecule has 0 aliphatic carbocycles. The topological polar surface area (TPSA) is 67.9 Å². The van der Waals surface area contributed by atoms with Crippen LogP contribution in [0.25, 0.3) is 0 Å². The van der Waals surface area contributed by atoms with Crippen molar-refractivity contribution in [3.8, 4) is 6.07 Å². The molecule has 19 heavy (non-hydrogen) atoms.